The second-order valence-corrected chi connectivity index (χ2v) is 8.59. The maximum Gasteiger partial charge on any atom is 0.256 e. The molecule has 5 rings (SSSR count). The van der Waals surface area contributed by atoms with E-state index in [1.54, 1.807) is 37.6 Å². The number of aromatic nitrogens is 2. The Kier molecular flexibility index (Phi) is 5.24. The molecular formula is C27H24N2O5. The van der Waals surface area contributed by atoms with E-state index in [1.165, 1.54) is 6.07 Å². The SMILES string of the molecule is COc1ccc(C2=C(c3ccc(OCc4cn5c(=O)cccc5[nH]4)cc3)C(=O)C(C)(C)O2)cc1. The highest BCUT2D eigenvalue weighted by Crippen LogP contribution is 2.41. The van der Waals surface area contributed by atoms with Gasteiger partial charge in [-0.3, -0.25) is 14.0 Å². The lowest BCUT2D eigenvalue weighted by molar-refractivity contribution is -0.125. The summed E-state index contributed by atoms with van der Waals surface area (Å²) < 4.78 is 18.8. The number of imidazole rings is 1. The molecule has 1 N–H and O–H groups in total. The van der Waals surface area contributed by atoms with Crippen molar-refractivity contribution < 1.29 is 19.0 Å². The van der Waals surface area contributed by atoms with Gasteiger partial charge in [0.05, 0.1) is 18.4 Å². The van der Waals surface area contributed by atoms with Gasteiger partial charge in [-0.25, -0.2) is 0 Å². The zero-order chi connectivity index (χ0) is 23.9. The minimum absolute atomic E-state index is 0.0736. The molecule has 1 aliphatic rings. The topological polar surface area (TPSA) is 82.0 Å². The van der Waals surface area contributed by atoms with Gasteiger partial charge in [-0.2, -0.15) is 0 Å². The highest BCUT2D eigenvalue weighted by Gasteiger charge is 2.42. The number of ether oxygens (including phenoxy) is 3. The molecule has 2 aromatic carbocycles. The lowest BCUT2D eigenvalue weighted by Crippen LogP contribution is -2.29. The van der Waals surface area contributed by atoms with Crippen LogP contribution in [0.3, 0.4) is 0 Å². The Labute approximate surface area is 196 Å². The molecule has 0 fully saturated rings. The average molecular weight is 456 g/mol. The molecule has 0 spiro atoms. The molecule has 3 heterocycles. The number of carbonyl (C=O) groups excluding carboxylic acids is 1. The lowest BCUT2D eigenvalue weighted by atomic mass is 9.92. The van der Waals surface area contributed by atoms with E-state index in [-0.39, 0.29) is 17.9 Å². The normalized spacial score (nSPS) is 15.0. The fraction of sp³-hybridized carbons (Fsp3) is 0.185. The maximum atomic E-state index is 13.2. The Morgan fingerprint density at radius 2 is 1.59 bits per heavy atom. The van der Waals surface area contributed by atoms with Crippen LogP contribution in [-0.2, 0) is 16.1 Å². The standard InChI is InChI=1S/C27H24N2O5/c1-27(2)26(31)24(25(34-27)18-9-11-20(32-3)12-10-18)17-7-13-21(14-8-17)33-16-19-15-29-22(28-19)5-4-6-23(29)30/h4-15,28H,16H2,1-3H3. The van der Waals surface area contributed by atoms with Crippen molar-refractivity contribution in [3.8, 4) is 11.5 Å². The molecule has 4 aromatic rings. The maximum absolute atomic E-state index is 13.2. The summed E-state index contributed by atoms with van der Waals surface area (Å²) >= 11 is 0. The fourth-order valence-corrected chi connectivity index (χ4v) is 4.01. The molecule has 172 valence electrons. The molecule has 0 amide bonds. The van der Waals surface area contributed by atoms with Crippen LogP contribution in [0, 0.1) is 0 Å². The number of nitrogens with one attached hydrogen (secondary N) is 1. The van der Waals surface area contributed by atoms with Crippen molar-refractivity contribution in [1.82, 2.24) is 9.38 Å². The van der Waals surface area contributed by atoms with E-state index in [0.717, 1.165) is 22.6 Å². The van der Waals surface area contributed by atoms with Crippen LogP contribution in [0.25, 0.3) is 17.0 Å². The number of H-pyrrole nitrogens is 1. The Bertz CT molecular complexity index is 1460. The van der Waals surface area contributed by atoms with Crippen molar-refractivity contribution in [2.45, 2.75) is 26.1 Å². The zero-order valence-electron chi connectivity index (χ0n) is 19.1. The number of hydrogen-bond donors (Lipinski definition) is 1. The van der Waals surface area contributed by atoms with Crippen LogP contribution in [-0.4, -0.2) is 27.9 Å². The number of rotatable bonds is 6. The minimum atomic E-state index is -0.951. The monoisotopic (exact) mass is 456 g/mol. The van der Waals surface area contributed by atoms with Crippen LogP contribution in [0.1, 0.15) is 30.7 Å². The first-order valence-electron chi connectivity index (χ1n) is 10.9. The van der Waals surface area contributed by atoms with Crippen LogP contribution in [0.2, 0.25) is 0 Å². The molecule has 0 unspecified atom stereocenters. The number of carbonyl (C=O) groups is 1. The van der Waals surface area contributed by atoms with E-state index in [2.05, 4.69) is 4.98 Å². The van der Waals surface area contributed by atoms with Crippen molar-refractivity contribution in [1.29, 1.82) is 0 Å². The number of benzene rings is 2. The van der Waals surface area contributed by atoms with E-state index in [0.29, 0.717) is 22.7 Å². The molecule has 7 heteroatoms. The summed E-state index contributed by atoms with van der Waals surface area (Å²) in [4.78, 5) is 28.3. The summed E-state index contributed by atoms with van der Waals surface area (Å²) in [7, 11) is 1.61. The Balaban J connectivity index is 1.40. The highest BCUT2D eigenvalue weighted by atomic mass is 16.5. The van der Waals surface area contributed by atoms with Gasteiger partial charge in [-0.1, -0.05) is 18.2 Å². The average Bonchev–Trinajstić information content (AvgIpc) is 3.37. The molecule has 0 saturated carbocycles. The van der Waals surface area contributed by atoms with E-state index >= 15 is 0 Å². The predicted octanol–water partition coefficient (Wildman–Crippen LogP) is 4.46. The molecular weight excluding hydrogens is 432 g/mol. The number of aromatic amines is 1. The van der Waals surface area contributed by atoms with Crippen molar-refractivity contribution in [3.63, 3.8) is 0 Å². The summed E-state index contributed by atoms with van der Waals surface area (Å²) in [5.41, 5.74) is 2.54. The third-order valence-corrected chi connectivity index (χ3v) is 5.81. The number of fused-ring (bicyclic) bond motifs is 1. The molecule has 0 saturated heterocycles. The van der Waals surface area contributed by atoms with Gasteiger partial charge in [0.25, 0.3) is 5.56 Å². The summed E-state index contributed by atoms with van der Waals surface area (Å²) in [6, 6.07) is 19.8. The van der Waals surface area contributed by atoms with Gasteiger partial charge in [0.2, 0.25) is 5.78 Å². The Hall–Kier alpha value is -4.26. The largest absolute Gasteiger partial charge is 0.497 e. The van der Waals surface area contributed by atoms with Crippen molar-refractivity contribution in [3.05, 3.63) is 100 Å². The molecule has 1 aliphatic heterocycles. The van der Waals surface area contributed by atoms with Crippen LogP contribution in [0.4, 0.5) is 0 Å². The van der Waals surface area contributed by atoms with Crippen molar-refractivity contribution in [2.75, 3.05) is 7.11 Å². The first-order chi connectivity index (χ1) is 16.4. The van der Waals surface area contributed by atoms with Gasteiger partial charge in [0.15, 0.2) is 5.60 Å². The first kappa shape index (κ1) is 21.6. The van der Waals surface area contributed by atoms with Crippen LogP contribution < -0.4 is 15.0 Å². The van der Waals surface area contributed by atoms with Crippen molar-refractivity contribution >= 4 is 22.8 Å². The Morgan fingerprint density at radius 3 is 2.26 bits per heavy atom. The van der Waals surface area contributed by atoms with E-state index in [1.807, 2.05) is 54.6 Å². The van der Waals surface area contributed by atoms with Gasteiger partial charge in [-0.15, -0.1) is 0 Å². The third-order valence-electron chi connectivity index (χ3n) is 5.81. The van der Waals surface area contributed by atoms with Gasteiger partial charge in [0, 0.05) is 17.8 Å². The van der Waals surface area contributed by atoms with Crippen LogP contribution >= 0.6 is 0 Å². The fourth-order valence-electron chi connectivity index (χ4n) is 4.01. The molecule has 0 radical (unpaired) electrons. The number of Topliss-reactive ketones (excluding diaryl/α,β-unsaturated/α-hetero) is 1. The van der Waals surface area contributed by atoms with Gasteiger partial charge >= 0.3 is 0 Å². The van der Waals surface area contributed by atoms with Gasteiger partial charge in [-0.05, 0) is 61.9 Å². The zero-order valence-corrected chi connectivity index (χ0v) is 19.1. The summed E-state index contributed by atoms with van der Waals surface area (Å²) in [5, 5.41) is 0. The summed E-state index contributed by atoms with van der Waals surface area (Å²) in [6.07, 6.45) is 1.73. The molecule has 0 aliphatic carbocycles. The minimum Gasteiger partial charge on any atom is -0.497 e. The second kappa shape index (κ2) is 8.26. The smallest absolute Gasteiger partial charge is 0.256 e. The number of nitrogens with zero attached hydrogens (tertiary/aromatic N) is 1. The number of methoxy groups -OCH3 is 1. The van der Waals surface area contributed by atoms with Gasteiger partial charge < -0.3 is 19.2 Å². The molecule has 34 heavy (non-hydrogen) atoms. The third kappa shape index (κ3) is 3.85. The molecule has 7 nitrogen and oxygen atoms in total. The second-order valence-electron chi connectivity index (χ2n) is 8.59. The summed E-state index contributed by atoms with van der Waals surface area (Å²) in [5.74, 6) is 1.85. The Morgan fingerprint density at radius 1 is 0.912 bits per heavy atom. The predicted molar refractivity (Wildman–Crippen MR) is 129 cm³/mol. The van der Waals surface area contributed by atoms with E-state index in [9.17, 15) is 9.59 Å². The van der Waals surface area contributed by atoms with Crippen LogP contribution in [0.15, 0.2) is 77.7 Å². The van der Waals surface area contributed by atoms with E-state index < -0.39 is 5.60 Å². The highest BCUT2D eigenvalue weighted by molar-refractivity contribution is 6.32. The van der Waals surface area contributed by atoms with Gasteiger partial charge in [0.1, 0.15) is 29.5 Å². The molecule has 0 bridgehead atoms. The summed E-state index contributed by atoms with van der Waals surface area (Å²) in [6.45, 7) is 3.82. The quantitative estimate of drug-likeness (QED) is 0.463. The van der Waals surface area contributed by atoms with E-state index in [4.69, 9.17) is 14.2 Å². The first-order valence-corrected chi connectivity index (χ1v) is 10.9. The number of hydrogen-bond acceptors (Lipinski definition) is 5. The number of ketones is 1. The lowest BCUT2D eigenvalue weighted by Gasteiger charge is -2.17. The molecule has 2 aromatic heterocycles. The number of pyridine rings is 1. The van der Waals surface area contributed by atoms with Crippen molar-refractivity contribution in [2.24, 2.45) is 0 Å². The van der Waals surface area contributed by atoms with Crippen LogP contribution in [0.5, 0.6) is 11.5 Å². The molecule has 0 atom stereocenters.